The minimum absolute atomic E-state index is 0.154. The van der Waals surface area contributed by atoms with Crippen molar-refractivity contribution in [3.8, 4) is 0 Å². The van der Waals surface area contributed by atoms with E-state index in [0.29, 0.717) is 6.04 Å². The Bertz CT molecular complexity index is 353. The van der Waals surface area contributed by atoms with Crippen LogP contribution in [0.3, 0.4) is 0 Å². The second-order valence-electron chi connectivity index (χ2n) is 4.19. The highest BCUT2D eigenvalue weighted by Crippen LogP contribution is 2.22. The number of thiazole rings is 1. The van der Waals surface area contributed by atoms with Crippen molar-refractivity contribution in [2.24, 2.45) is 5.92 Å². The van der Waals surface area contributed by atoms with E-state index < -0.39 is 0 Å². The summed E-state index contributed by atoms with van der Waals surface area (Å²) in [4.78, 5) is 17.0. The van der Waals surface area contributed by atoms with Crippen molar-refractivity contribution < 1.29 is 4.79 Å². The molecule has 0 bridgehead atoms. The smallest absolute Gasteiger partial charge is 0.178 e. The third kappa shape index (κ3) is 2.44. The van der Waals surface area contributed by atoms with Crippen LogP contribution >= 0.6 is 11.3 Å². The number of carbonyl (C=O) groups excluding carboxylic acids is 1. The van der Waals surface area contributed by atoms with Gasteiger partial charge in [0.1, 0.15) is 0 Å². The Morgan fingerprint density at radius 3 is 2.93 bits per heavy atom. The van der Waals surface area contributed by atoms with Gasteiger partial charge in [-0.2, -0.15) is 0 Å². The summed E-state index contributed by atoms with van der Waals surface area (Å²) in [6, 6.07) is 0.553. The molecule has 15 heavy (non-hydrogen) atoms. The first-order valence-electron chi connectivity index (χ1n) is 5.37. The molecule has 1 N–H and O–H groups in total. The summed E-state index contributed by atoms with van der Waals surface area (Å²) in [5, 5.41) is 4.32. The number of aryl methyl sites for hydroxylation is 1. The van der Waals surface area contributed by atoms with Gasteiger partial charge in [0, 0.05) is 24.7 Å². The Hall–Kier alpha value is -0.740. The van der Waals surface area contributed by atoms with Crippen molar-refractivity contribution in [1.82, 2.24) is 10.3 Å². The Morgan fingerprint density at radius 1 is 1.60 bits per heavy atom. The van der Waals surface area contributed by atoms with Gasteiger partial charge in [0.2, 0.25) is 0 Å². The Kier molecular flexibility index (Phi) is 3.17. The summed E-state index contributed by atoms with van der Waals surface area (Å²) < 4.78 is 0. The van der Waals surface area contributed by atoms with Crippen molar-refractivity contribution >= 4 is 17.1 Å². The van der Waals surface area contributed by atoms with Gasteiger partial charge in [0.05, 0.1) is 9.88 Å². The Balaban J connectivity index is 2.02. The molecule has 1 aromatic rings. The lowest BCUT2D eigenvalue weighted by atomic mass is 9.91. The topological polar surface area (TPSA) is 42.0 Å². The van der Waals surface area contributed by atoms with Crippen molar-refractivity contribution in [1.29, 1.82) is 0 Å². The van der Waals surface area contributed by atoms with Crippen molar-refractivity contribution in [2.75, 3.05) is 6.54 Å². The van der Waals surface area contributed by atoms with Crippen LogP contribution in [0.25, 0.3) is 0 Å². The molecule has 0 radical (unpaired) electrons. The van der Waals surface area contributed by atoms with Crippen LogP contribution in [0.2, 0.25) is 0 Å². The predicted octanol–water partition coefficient (Wildman–Crippen LogP) is 2.02. The highest BCUT2D eigenvalue weighted by atomic mass is 32.1. The summed E-state index contributed by atoms with van der Waals surface area (Å²) >= 11 is 1.50. The molecule has 0 aromatic carbocycles. The zero-order valence-electron chi connectivity index (χ0n) is 9.12. The van der Waals surface area contributed by atoms with Crippen LogP contribution in [0.5, 0.6) is 0 Å². The molecule has 2 unspecified atom stereocenters. The molecular formula is C11H16N2OS. The van der Waals surface area contributed by atoms with Crippen LogP contribution < -0.4 is 5.32 Å². The first kappa shape index (κ1) is 10.8. The molecule has 1 aliphatic heterocycles. The van der Waals surface area contributed by atoms with Crippen LogP contribution in [0.15, 0.2) is 6.20 Å². The third-order valence-electron chi connectivity index (χ3n) is 2.90. The van der Waals surface area contributed by atoms with E-state index in [4.69, 9.17) is 0 Å². The maximum Gasteiger partial charge on any atom is 0.178 e. The van der Waals surface area contributed by atoms with Gasteiger partial charge in [-0.25, -0.2) is 4.98 Å². The van der Waals surface area contributed by atoms with Crippen molar-refractivity contribution in [3.63, 3.8) is 0 Å². The first-order chi connectivity index (χ1) is 7.16. The van der Waals surface area contributed by atoms with Gasteiger partial charge < -0.3 is 5.32 Å². The molecule has 0 saturated carbocycles. The Morgan fingerprint density at radius 2 is 2.40 bits per heavy atom. The number of aromatic nitrogens is 1. The number of hydrogen-bond donors (Lipinski definition) is 1. The molecule has 0 amide bonds. The third-order valence-corrected chi connectivity index (χ3v) is 3.82. The fraction of sp³-hybridized carbons (Fsp3) is 0.636. The fourth-order valence-corrected chi connectivity index (χ4v) is 2.70. The minimum Gasteiger partial charge on any atom is -0.314 e. The molecule has 0 spiro atoms. The summed E-state index contributed by atoms with van der Waals surface area (Å²) in [6.07, 6.45) is 3.80. The average molecular weight is 224 g/mol. The number of Topliss-reactive ketones (excluding diaryl/α,β-unsaturated/α-hetero) is 1. The summed E-state index contributed by atoms with van der Waals surface area (Å²) in [5.74, 6) is 0.418. The van der Waals surface area contributed by atoms with Crippen LogP contribution in [0.4, 0.5) is 0 Å². The van der Waals surface area contributed by atoms with Gasteiger partial charge in [0.25, 0.3) is 0 Å². The van der Waals surface area contributed by atoms with Gasteiger partial charge in [-0.15, -0.1) is 11.3 Å². The predicted molar refractivity (Wildman–Crippen MR) is 61.4 cm³/mol. The molecule has 1 saturated heterocycles. The number of piperidine rings is 1. The number of carbonyl (C=O) groups is 1. The number of nitrogens with one attached hydrogen (secondary N) is 1. The Labute approximate surface area is 93.9 Å². The van der Waals surface area contributed by atoms with Gasteiger partial charge in [0.15, 0.2) is 5.78 Å². The molecule has 82 valence electrons. The number of ketones is 1. The lowest BCUT2D eigenvalue weighted by molar-refractivity contribution is 0.0895. The zero-order chi connectivity index (χ0) is 10.8. The van der Waals surface area contributed by atoms with Crippen molar-refractivity contribution in [2.45, 2.75) is 32.7 Å². The zero-order valence-corrected chi connectivity index (χ0v) is 9.93. The van der Waals surface area contributed by atoms with E-state index in [9.17, 15) is 4.79 Å². The maximum absolute atomic E-state index is 12.1. The largest absolute Gasteiger partial charge is 0.314 e. The normalized spacial score (nSPS) is 26.5. The van der Waals surface area contributed by atoms with E-state index in [2.05, 4.69) is 17.2 Å². The van der Waals surface area contributed by atoms with Crippen LogP contribution in [0, 0.1) is 12.8 Å². The van der Waals surface area contributed by atoms with E-state index in [1.807, 2.05) is 6.92 Å². The van der Waals surface area contributed by atoms with E-state index in [0.717, 1.165) is 29.3 Å². The molecular weight excluding hydrogens is 208 g/mol. The molecule has 2 heterocycles. The fourth-order valence-electron chi connectivity index (χ4n) is 1.90. The molecule has 1 aliphatic rings. The van der Waals surface area contributed by atoms with E-state index in [1.165, 1.54) is 11.3 Å². The molecule has 1 fully saturated rings. The molecule has 2 rings (SSSR count). The van der Waals surface area contributed by atoms with Crippen LogP contribution in [-0.2, 0) is 0 Å². The van der Waals surface area contributed by atoms with E-state index >= 15 is 0 Å². The average Bonchev–Trinajstić information content (AvgIpc) is 2.65. The number of rotatable bonds is 2. The summed E-state index contributed by atoms with van der Waals surface area (Å²) in [6.45, 7) is 4.91. The number of hydrogen-bond acceptors (Lipinski definition) is 4. The maximum atomic E-state index is 12.1. The second-order valence-corrected chi connectivity index (χ2v) is 5.43. The van der Waals surface area contributed by atoms with Gasteiger partial charge >= 0.3 is 0 Å². The van der Waals surface area contributed by atoms with E-state index in [-0.39, 0.29) is 11.7 Å². The van der Waals surface area contributed by atoms with E-state index in [1.54, 1.807) is 6.20 Å². The summed E-state index contributed by atoms with van der Waals surface area (Å²) in [7, 11) is 0. The highest BCUT2D eigenvalue weighted by molar-refractivity contribution is 7.13. The quantitative estimate of drug-likeness (QED) is 0.781. The van der Waals surface area contributed by atoms with Gasteiger partial charge in [-0.05, 0) is 26.7 Å². The molecule has 1 aromatic heterocycles. The van der Waals surface area contributed by atoms with Gasteiger partial charge in [-0.1, -0.05) is 0 Å². The number of nitrogens with zero attached hydrogens (tertiary/aromatic N) is 1. The highest BCUT2D eigenvalue weighted by Gasteiger charge is 2.25. The molecule has 0 aliphatic carbocycles. The SMILES string of the molecule is Cc1ncc(C(=O)C2CCC(C)NC2)s1. The molecule has 3 nitrogen and oxygen atoms in total. The lowest BCUT2D eigenvalue weighted by Gasteiger charge is -2.26. The van der Waals surface area contributed by atoms with Gasteiger partial charge in [-0.3, -0.25) is 4.79 Å². The monoisotopic (exact) mass is 224 g/mol. The summed E-state index contributed by atoms with van der Waals surface area (Å²) in [5.41, 5.74) is 0. The standard InChI is InChI=1S/C11H16N2OS/c1-7-3-4-9(5-12-7)11(14)10-6-13-8(2)15-10/h6-7,9,12H,3-5H2,1-2H3. The lowest BCUT2D eigenvalue weighted by Crippen LogP contribution is -2.39. The van der Waals surface area contributed by atoms with Crippen molar-refractivity contribution in [3.05, 3.63) is 16.1 Å². The first-order valence-corrected chi connectivity index (χ1v) is 6.18. The minimum atomic E-state index is 0.154. The van der Waals surface area contributed by atoms with Crippen LogP contribution in [-0.4, -0.2) is 23.4 Å². The molecule has 2 atom stereocenters. The second kappa shape index (κ2) is 4.41. The van der Waals surface area contributed by atoms with Crippen LogP contribution in [0.1, 0.15) is 34.4 Å². The molecule has 4 heteroatoms.